The lowest BCUT2D eigenvalue weighted by Crippen LogP contribution is -2.03. The summed E-state index contributed by atoms with van der Waals surface area (Å²) >= 11 is 8.08. The lowest BCUT2D eigenvalue weighted by molar-refractivity contribution is 0.102. The van der Waals surface area contributed by atoms with E-state index < -0.39 is 0 Å². The van der Waals surface area contributed by atoms with Crippen LogP contribution in [0.15, 0.2) is 46.8 Å². The summed E-state index contributed by atoms with van der Waals surface area (Å²) < 4.78 is 16.0. The highest BCUT2D eigenvalue weighted by atomic mass is 32.2. The molecule has 0 aliphatic heterocycles. The van der Waals surface area contributed by atoms with Crippen LogP contribution in [0.3, 0.4) is 0 Å². The molecule has 4 rings (SSSR count). The number of rotatable bonds is 5. The fourth-order valence-corrected chi connectivity index (χ4v) is 5.28. The monoisotopic (exact) mass is 402 g/mol. The van der Waals surface area contributed by atoms with Crippen molar-refractivity contribution in [3.8, 4) is 5.69 Å². The highest BCUT2D eigenvalue weighted by molar-refractivity contribution is 8.01. The SMILES string of the molecule is O=C(CSc1nn(-c2ccc(F)cc2)c(=S)s1)c1ccc2c(c1)CCC2. The molecule has 1 aromatic heterocycles. The highest BCUT2D eigenvalue weighted by Gasteiger charge is 2.15. The molecule has 0 radical (unpaired) electrons. The number of fused-ring (bicyclic) bond motifs is 1. The van der Waals surface area contributed by atoms with Gasteiger partial charge in [-0.3, -0.25) is 4.79 Å². The molecule has 0 spiro atoms. The molecule has 1 aliphatic carbocycles. The van der Waals surface area contributed by atoms with Gasteiger partial charge >= 0.3 is 0 Å². The standard InChI is InChI=1S/C19H15FN2OS3/c20-15-6-8-16(9-7-15)22-19(24)26-18(21-22)25-11-17(23)14-5-4-12-2-1-3-13(12)10-14/h4-10H,1-3,11H2. The van der Waals surface area contributed by atoms with Crippen molar-refractivity contribution in [2.24, 2.45) is 0 Å². The van der Waals surface area contributed by atoms with Crippen molar-refractivity contribution < 1.29 is 9.18 Å². The first kappa shape index (κ1) is 17.6. The Hall–Kier alpha value is -1.83. The van der Waals surface area contributed by atoms with Crippen LogP contribution in [0, 0.1) is 9.77 Å². The van der Waals surface area contributed by atoms with Crippen LogP contribution in [0.25, 0.3) is 5.69 Å². The van der Waals surface area contributed by atoms with Crippen molar-refractivity contribution in [2.45, 2.75) is 23.6 Å². The van der Waals surface area contributed by atoms with E-state index in [1.807, 2.05) is 12.1 Å². The van der Waals surface area contributed by atoms with Crippen LogP contribution < -0.4 is 0 Å². The van der Waals surface area contributed by atoms with Gasteiger partial charge in [0.05, 0.1) is 11.4 Å². The zero-order chi connectivity index (χ0) is 18.1. The number of halogens is 1. The number of Topliss-reactive ketones (excluding diaryl/α,β-unsaturated/α-hetero) is 1. The summed E-state index contributed by atoms with van der Waals surface area (Å²) in [6, 6.07) is 12.1. The molecule has 0 saturated heterocycles. The molecule has 0 N–H and O–H groups in total. The van der Waals surface area contributed by atoms with Gasteiger partial charge in [0.1, 0.15) is 5.82 Å². The first-order valence-corrected chi connectivity index (χ1v) is 10.4. The van der Waals surface area contributed by atoms with E-state index in [1.165, 1.54) is 52.8 Å². The first-order chi connectivity index (χ1) is 12.6. The van der Waals surface area contributed by atoms with E-state index in [4.69, 9.17) is 12.2 Å². The van der Waals surface area contributed by atoms with Gasteiger partial charge in [0.2, 0.25) is 0 Å². The number of nitrogens with zero attached hydrogens (tertiary/aromatic N) is 2. The van der Waals surface area contributed by atoms with E-state index >= 15 is 0 Å². The van der Waals surface area contributed by atoms with Gasteiger partial charge in [-0.25, -0.2) is 9.07 Å². The molecule has 0 atom stereocenters. The summed E-state index contributed by atoms with van der Waals surface area (Å²) in [6.45, 7) is 0. The number of hydrogen-bond acceptors (Lipinski definition) is 5. The largest absolute Gasteiger partial charge is 0.293 e. The molecule has 132 valence electrons. The van der Waals surface area contributed by atoms with Crippen LogP contribution in [0.1, 0.15) is 27.9 Å². The number of benzene rings is 2. The second-order valence-electron chi connectivity index (χ2n) is 6.07. The lowest BCUT2D eigenvalue weighted by Gasteiger charge is -2.03. The fraction of sp³-hybridized carbons (Fsp3) is 0.211. The predicted octanol–water partition coefficient (Wildman–Crippen LogP) is 5.27. The zero-order valence-corrected chi connectivity index (χ0v) is 16.2. The van der Waals surface area contributed by atoms with Crippen molar-refractivity contribution in [3.63, 3.8) is 0 Å². The smallest absolute Gasteiger partial charge is 0.184 e. The Morgan fingerprint density at radius 2 is 1.96 bits per heavy atom. The Labute approximate surface area is 163 Å². The molecule has 1 aliphatic rings. The summed E-state index contributed by atoms with van der Waals surface area (Å²) in [5.41, 5.74) is 4.14. The fourth-order valence-electron chi connectivity index (χ4n) is 3.02. The Balaban J connectivity index is 1.46. The second-order valence-corrected chi connectivity index (χ2v) is 8.92. The van der Waals surface area contributed by atoms with Crippen LogP contribution in [-0.4, -0.2) is 21.3 Å². The minimum absolute atomic E-state index is 0.0964. The molecule has 26 heavy (non-hydrogen) atoms. The number of thioether (sulfide) groups is 1. The molecule has 3 aromatic rings. The normalized spacial score (nSPS) is 13.0. The predicted molar refractivity (Wildman–Crippen MR) is 106 cm³/mol. The van der Waals surface area contributed by atoms with Crippen LogP contribution in [0.2, 0.25) is 0 Å². The third kappa shape index (κ3) is 3.65. The van der Waals surface area contributed by atoms with Crippen molar-refractivity contribution in [3.05, 3.63) is 68.9 Å². The molecule has 0 unspecified atom stereocenters. The molecule has 0 fully saturated rings. The topological polar surface area (TPSA) is 34.9 Å². The van der Waals surface area contributed by atoms with Crippen molar-refractivity contribution >= 4 is 41.1 Å². The van der Waals surface area contributed by atoms with E-state index in [9.17, 15) is 9.18 Å². The maximum absolute atomic E-state index is 13.1. The summed E-state index contributed by atoms with van der Waals surface area (Å²) in [6.07, 6.45) is 3.35. The van der Waals surface area contributed by atoms with E-state index in [-0.39, 0.29) is 11.6 Å². The average molecular weight is 403 g/mol. The van der Waals surface area contributed by atoms with Crippen molar-refractivity contribution in [1.29, 1.82) is 0 Å². The lowest BCUT2D eigenvalue weighted by atomic mass is 10.0. The maximum Gasteiger partial charge on any atom is 0.184 e. The van der Waals surface area contributed by atoms with E-state index in [0.717, 1.165) is 22.7 Å². The van der Waals surface area contributed by atoms with Gasteiger partial charge in [-0.1, -0.05) is 35.2 Å². The Morgan fingerprint density at radius 3 is 2.77 bits per heavy atom. The average Bonchev–Trinajstić information content (AvgIpc) is 3.26. The third-order valence-corrected chi connectivity index (χ3v) is 6.71. The summed E-state index contributed by atoms with van der Waals surface area (Å²) in [5.74, 6) is 0.119. The van der Waals surface area contributed by atoms with Gasteiger partial charge in [0, 0.05) is 5.56 Å². The quantitative estimate of drug-likeness (QED) is 0.331. The van der Waals surface area contributed by atoms with E-state index in [0.29, 0.717) is 15.4 Å². The molecule has 2 aromatic carbocycles. The van der Waals surface area contributed by atoms with E-state index in [1.54, 1.807) is 16.8 Å². The minimum Gasteiger partial charge on any atom is -0.293 e. The van der Waals surface area contributed by atoms with Crippen LogP contribution in [-0.2, 0) is 12.8 Å². The van der Waals surface area contributed by atoms with Crippen LogP contribution in [0.5, 0.6) is 0 Å². The van der Waals surface area contributed by atoms with Crippen LogP contribution in [0.4, 0.5) is 4.39 Å². The molecular formula is C19H15FN2OS3. The summed E-state index contributed by atoms with van der Waals surface area (Å²) in [4.78, 5) is 12.5. The van der Waals surface area contributed by atoms with Gasteiger partial charge in [-0.2, -0.15) is 0 Å². The maximum atomic E-state index is 13.1. The third-order valence-electron chi connectivity index (χ3n) is 4.35. The van der Waals surface area contributed by atoms with Crippen LogP contribution >= 0.6 is 35.3 Å². The molecule has 0 saturated carbocycles. The zero-order valence-electron chi connectivity index (χ0n) is 13.8. The molecule has 0 amide bonds. The van der Waals surface area contributed by atoms with Gasteiger partial charge in [-0.05, 0) is 72.9 Å². The number of ketones is 1. The first-order valence-electron chi connectivity index (χ1n) is 8.24. The number of hydrogen-bond donors (Lipinski definition) is 0. The Bertz CT molecular complexity index is 1020. The highest BCUT2D eigenvalue weighted by Crippen LogP contribution is 2.27. The minimum atomic E-state index is -0.301. The molecule has 0 bridgehead atoms. The van der Waals surface area contributed by atoms with Crippen molar-refractivity contribution in [2.75, 3.05) is 5.75 Å². The van der Waals surface area contributed by atoms with Gasteiger partial charge in [0.15, 0.2) is 14.1 Å². The Morgan fingerprint density at radius 1 is 1.19 bits per heavy atom. The van der Waals surface area contributed by atoms with E-state index in [2.05, 4.69) is 11.2 Å². The summed E-state index contributed by atoms with van der Waals surface area (Å²) in [7, 11) is 0. The number of carbonyl (C=O) groups excluding carboxylic acids is 1. The number of carbonyl (C=O) groups is 1. The Kier molecular flexibility index (Phi) is 5.02. The van der Waals surface area contributed by atoms with Crippen molar-refractivity contribution in [1.82, 2.24) is 9.78 Å². The molecule has 3 nitrogen and oxygen atoms in total. The number of aryl methyl sites for hydroxylation is 2. The molecule has 7 heteroatoms. The van der Waals surface area contributed by atoms with Gasteiger partial charge in [-0.15, -0.1) is 5.10 Å². The molecule has 1 heterocycles. The number of aromatic nitrogens is 2. The second kappa shape index (κ2) is 7.42. The van der Waals surface area contributed by atoms with Gasteiger partial charge < -0.3 is 0 Å². The summed E-state index contributed by atoms with van der Waals surface area (Å²) in [5, 5.41) is 4.45. The molecular weight excluding hydrogens is 387 g/mol. The van der Waals surface area contributed by atoms with Gasteiger partial charge in [0.25, 0.3) is 0 Å².